The van der Waals surface area contributed by atoms with Gasteiger partial charge in [-0.1, -0.05) is 6.07 Å². The van der Waals surface area contributed by atoms with E-state index in [-0.39, 0.29) is 6.10 Å². The van der Waals surface area contributed by atoms with Gasteiger partial charge in [-0.15, -0.1) is 0 Å². The van der Waals surface area contributed by atoms with E-state index in [2.05, 4.69) is 16.0 Å². The van der Waals surface area contributed by atoms with E-state index < -0.39 is 0 Å². The summed E-state index contributed by atoms with van der Waals surface area (Å²) < 4.78 is 0. The van der Waals surface area contributed by atoms with E-state index in [0.29, 0.717) is 6.04 Å². The van der Waals surface area contributed by atoms with Crippen LogP contribution in [0.15, 0.2) is 24.5 Å². The zero-order valence-corrected chi connectivity index (χ0v) is 9.42. The molecule has 0 spiro atoms. The minimum atomic E-state index is -0.151. The quantitative estimate of drug-likeness (QED) is 0.807. The highest BCUT2D eigenvalue weighted by molar-refractivity contribution is 5.12. The van der Waals surface area contributed by atoms with Crippen LogP contribution in [-0.4, -0.2) is 40.2 Å². The number of aromatic nitrogens is 1. The number of nitrogens with zero attached hydrogens (tertiary/aromatic N) is 2. The average molecular weight is 218 g/mol. The Morgan fingerprint density at radius 2 is 2.44 bits per heavy atom. The molecular formula is C13H18N2O. The molecule has 16 heavy (non-hydrogen) atoms. The molecule has 2 aliphatic heterocycles. The molecule has 2 fully saturated rings. The number of fused-ring (bicyclic) bond motifs is 2. The van der Waals surface area contributed by atoms with Crippen LogP contribution in [0.2, 0.25) is 0 Å². The summed E-state index contributed by atoms with van der Waals surface area (Å²) in [6.45, 7) is 2.34. The normalized spacial score (nSPS) is 37.6. The smallest absolute Gasteiger partial charge is 0.0701 e. The van der Waals surface area contributed by atoms with Crippen molar-refractivity contribution in [2.75, 3.05) is 13.1 Å². The highest BCUT2D eigenvalue weighted by atomic mass is 16.3. The Kier molecular flexibility index (Phi) is 2.65. The fourth-order valence-electron chi connectivity index (χ4n) is 3.12. The van der Waals surface area contributed by atoms with E-state index in [0.717, 1.165) is 25.3 Å². The molecule has 0 amide bonds. The third kappa shape index (κ3) is 1.85. The van der Waals surface area contributed by atoms with Crippen molar-refractivity contribution in [1.29, 1.82) is 0 Å². The third-order valence-corrected chi connectivity index (χ3v) is 3.97. The van der Waals surface area contributed by atoms with Crippen molar-refractivity contribution >= 4 is 0 Å². The minimum absolute atomic E-state index is 0.151. The summed E-state index contributed by atoms with van der Waals surface area (Å²) in [5.74, 6) is 0.736. The summed E-state index contributed by atoms with van der Waals surface area (Å²) in [4.78, 5) is 6.59. The van der Waals surface area contributed by atoms with E-state index in [1.54, 1.807) is 6.20 Å². The minimum Gasteiger partial charge on any atom is -0.391 e. The molecule has 4 atom stereocenters. The van der Waals surface area contributed by atoms with Crippen LogP contribution < -0.4 is 0 Å². The zero-order chi connectivity index (χ0) is 11.0. The highest BCUT2D eigenvalue weighted by Crippen LogP contribution is 2.32. The molecule has 3 heteroatoms. The molecule has 1 aromatic rings. The van der Waals surface area contributed by atoms with Gasteiger partial charge < -0.3 is 5.11 Å². The van der Waals surface area contributed by atoms with Crippen molar-refractivity contribution in [2.24, 2.45) is 5.92 Å². The summed E-state index contributed by atoms with van der Waals surface area (Å²) in [6.07, 6.45) is 6.74. The second kappa shape index (κ2) is 4.15. The van der Waals surface area contributed by atoms with Gasteiger partial charge in [0.05, 0.1) is 6.10 Å². The van der Waals surface area contributed by atoms with Crippen molar-refractivity contribution in [3.63, 3.8) is 0 Å². The molecule has 3 rings (SSSR count). The Labute approximate surface area is 96.1 Å². The molecule has 2 aliphatic rings. The predicted molar refractivity (Wildman–Crippen MR) is 62.0 cm³/mol. The molecule has 3 heterocycles. The fourth-order valence-corrected chi connectivity index (χ4v) is 3.12. The van der Waals surface area contributed by atoms with Crippen LogP contribution in [0.4, 0.5) is 0 Å². The van der Waals surface area contributed by atoms with Gasteiger partial charge in [0.2, 0.25) is 0 Å². The van der Waals surface area contributed by atoms with Gasteiger partial charge in [0.1, 0.15) is 0 Å². The lowest BCUT2D eigenvalue weighted by Crippen LogP contribution is -2.47. The van der Waals surface area contributed by atoms with Crippen LogP contribution in [0, 0.1) is 5.92 Å². The maximum absolute atomic E-state index is 10.1. The van der Waals surface area contributed by atoms with Crippen LogP contribution in [0.5, 0.6) is 0 Å². The Hall–Kier alpha value is -0.930. The first-order chi connectivity index (χ1) is 7.83. The van der Waals surface area contributed by atoms with Crippen LogP contribution in [0.3, 0.4) is 0 Å². The van der Waals surface area contributed by atoms with Gasteiger partial charge in [-0.2, -0.15) is 0 Å². The number of aliphatic hydroxyl groups excluding tert-OH is 1. The van der Waals surface area contributed by atoms with Gasteiger partial charge in [0.25, 0.3) is 0 Å². The molecular weight excluding hydrogens is 200 g/mol. The molecule has 86 valence electrons. The van der Waals surface area contributed by atoms with Crippen LogP contribution >= 0.6 is 0 Å². The largest absolute Gasteiger partial charge is 0.391 e. The van der Waals surface area contributed by atoms with E-state index in [1.165, 1.54) is 18.5 Å². The van der Waals surface area contributed by atoms with Gasteiger partial charge in [0, 0.05) is 25.0 Å². The van der Waals surface area contributed by atoms with Gasteiger partial charge >= 0.3 is 0 Å². The SMILES string of the molecule is OC1CC2CCN(C2)C1Cc1cccnc1. The van der Waals surface area contributed by atoms with E-state index in [4.69, 9.17) is 0 Å². The summed E-state index contributed by atoms with van der Waals surface area (Å²) in [5, 5.41) is 10.1. The second-order valence-corrected chi connectivity index (χ2v) is 5.09. The number of hydrogen-bond acceptors (Lipinski definition) is 3. The maximum atomic E-state index is 10.1. The lowest BCUT2D eigenvalue weighted by Gasteiger charge is -2.36. The standard InChI is InChI=1S/C13H18N2O/c16-13-7-11-3-5-15(9-11)12(13)6-10-2-1-4-14-8-10/h1-2,4,8,11-13,16H,3,5-7,9H2. The van der Waals surface area contributed by atoms with E-state index >= 15 is 0 Å². The lowest BCUT2D eigenvalue weighted by molar-refractivity contribution is 0.0212. The summed E-state index contributed by atoms with van der Waals surface area (Å²) in [5.41, 5.74) is 1.23. The molecule has 0 aromatic carbocycles. The Bertz CT molecular complexity index is 354. The maximum Gasteiger partial charge on any atom is 0.0701 e. The molecule has 4 unspecified atom stereocenters. The van der Waals surface area contributed by atoms with Crippen LogP contribution in [-0.2, 0) is 6.42 Å². The third-order valence-electron chi connectivity index (χ3n) is 3.97. The number of hydrogen-bond donors (Lipinski definition) is 1. The van der Waals surface area contributed by atoms with Gasteiger partial charge in [0.15, 0.2) is 0 Å². The number of rotatable bonds is 2. The lowest BCUT2D eigenvalue weighted by atomic mass is 9.90. The van der Waals surface area contributed by atoms with E-state index in [9.17, 15) is 5.11 Å². The zero-order valence-electron chi connectivity index (χ0n) is 9.42. The molecule has 1 N–H and O–H groups in total. The van der Waals surface area contributed by atoms with Gasteiger partial charge in [-0.25, -0.2) is 0 Å². The molecule has 0 saturated carbocycles. The topological polar surface area (TPSA) is 36.4 Å². The molecule has 1 aromatic heterocycles. The summed E-state index contributed by atoms with van der Waals surface area (Å²) >= 11 is 0. The first-order valence-electron chi connectivity index (χ1n) is 6.14. The van der Waals surface area contributed by atoms with Gasteiger partial charge in [-0.05, 0) is 43.4 Å². The van der Waals surface area contributed by atoms with Crippen molar-refractivity contribution in [3.05, 3.63) is 30.1 Å². The first-order valence-corrected chi connectivity index (χ1v) is 6.14. The molecule has 3 nitrogen and oxygen atoms in total. The summed E-state index contributed by atoms with van der Waals surface area (Å²) in [7, 11) is 0. The first kappa shape index (κ1) is 10.2. The van der Waals surface area contributed by atoms with Crippen molar-refractivity contribution in [3.8, 4) is 0 Å². The average Bonchev–Trinajstić information content (AvgIpc) is 2.70. The molecule has 0 radical (unpaired) electrons. The monoisotopic (exact) mass is 218 g/mol. The molecule has 0 aliphatic carbocycles. The second-order valence-electron chi connectivity index (χ2n) is 5.09. The number of pyridine rings is 1. The number of piperidine rings is 1. The van der Waals surface area contributed by atoms with Crippen LogP contribution in [0.25, 0.3) is 0 Å². The van der Waals surface area contributed by atoms with Crippen molar-refractivity contribution in [2.45, 2.75) is 31.4 Å². The van der Waals surface area contributed by atoms with Crippen molar-refractivity contribution < 1.29 is 5.11 Å². The van der Waals surface area contributed by atoms with Crippen LogP contribution in [0.1, 0.15) is 18.4 Å². The van der Waals surface area contributed by atoms with Gasteiger partial charge in [-0.3, -0.25) is 9.88 Å². The Morgan fingerprint density at radius 1 is 1.50 bits per heavy atom. The fraction of sp³-hybridized carbons (Fsp3) is 0.615. The summed E-state index contributed by atoms with van der Waals surface area (Å²) in [6, 6.07) is 4.38. The van der Waals surface area contributed by atoms with Crippen molar-refractivity contribution in [1.82, 2.24) is 9.88 Å². The van der Waals surface area contributed by atoms with E-state index in [1.807, 2.05) is 12.3 Å². The molecule has 2 saturated heterocycles. The highest BCUT2D eigenvalue weighted by Gasteiger charge is 2.38. The molecule has 2 bridgehead atoms. The Morgan fingerprint density at radius 3 is 3.25 bits per heavy atom. The predicted octanol–water partition coefficient (Wildman–Crippen LogP) is 1.08. The Balaban J connectivity index is 1.74. The number of aliphatic hydroxyl groups is 1.